The lowest BCUT2D eigenvalue weighted by molar-refractivity contribution is -0.121. The molecule has 0 spiro atoms. The zero-order chi connectivity index (χ0) is 18.7. The van der Waals surface area contributed by atoms with Crippen molar-refractivity contribution < 1.29 is 13.6 Å². The van der Waals surface area contributed by atoms with Gasteiger partial charge in [0.1, 0.15) is 17.7 Å². The zero-order valence-electron chi connectivity index (χ0n) is 14.1. The molecule has 26 heavy (non-hydrogen) atoms. The Hall–Kier alpha value is -2.87. The minimum Gasteiger partial charge on any atom is -0.350 e. The summed E-state index contributed by atoms with van der Waals surface area (Å²) >= 11 is 1.43. The van der Waals surface area contributed by atoms with Gasteiger partial charge in [-0.25, -0.2) is 19.2 Å². The number of nitrogens with zero attached hydrogens (tertiary/aromatic N) is 2. The Morgan fingerprint density at radius 3 is 2.54 bits per heavy atom. The van der Waals surface area contributed by atoms with Crippen molar-refractivity contribution in [3.8, 4) is 0 Å². The van der Waals surface area contributed by atoms with Gasteiger partial charge in [0.05, 0.1) is 21.5 Å². The molecule has 0 unspecified atom stereocenters. The smallest absolute Gasteiger partial charge is 0.262 e. The van der Waals surface area contributed by atoms with Crippen molar-refractivity contribution in [3.05, 3.63) is 59.7 Å². The number of hydrogen-bond acceptors (Lipinski definition) is 5. The summed E-state index contributed by atoms with van der Waals surface area (Å²) in [6.45, 7) is 3.07. The summed E-state index contributed by atoms with van der Waals surface area (Å²) in [6, 6.07) is 10.5. The summed E-state index contributed by atoms with van der Waals surface area (Å²) in [4.78, 5) is 16.6. The second-order valence-corrected chi connectivity index (χ2v) is 6.65. The molecule has 1 atom stereocenters. The van der Waals surface area contributed by atoms with E-state index in [-0.39, 0.29) is 11.3 Å². The first-order valence-corrected chi connectivity index (χ1v) is 8.68. The van der Waals surface area contributed by atoms with E-state index in [1.807, 2.05) is 24.3 Å². The van der Waals surface area contributed by atoms with E-state index >= 15 is 0 Å². The van der Waals surface area contributed by atoms with Gasteiger partial charge < -0.3 is 5.32 Å². The highest BCUT2D eigenvalue weighted by atomic mass is 32.1. The fourth-order valence-corrected chi connectivity index (χ4v) is 3.27. The number of carbonyl (C=O) groups excluding carboxylic acids is 1. The van der Waals surface area contributed by atoms with Crippen molar-refractivity contribution in [2.45, 2.75) is 19.9 Å². The number of para-hydroxylation sites is 1. The molecule has 8 heteroatoms. The fourth-order valence-electron chi connectivity index (χ4n) is 2.32. The van der Waals surface area contributed by atoms with E-state index in [1.54, 1.807) is 6.92 Å². The summed E-state index contributed by atoms with van der Waals surface area (Å²) in [5, 5.41) is 7.40. The second-order valence-electron chi connectivity index (χ2n) is 5.62. The number of benzene rings is 2. The number of rotatable bonds is 5. The molecule has 2 aromatic carbocycles. The maximum atomic E-state index is 13.7. The van der Waals surface area contributed by atoms with Crippen LogP contribution in [0.25, 0.3) is 10.2 Å². The molecule has 0 saturated heterocycles. The molecular formula is C18H16F2N4OS. The summed E-state index contributed by atoms with van der Waals surface area (Å²) in [7, 11) is 0. The Kier molecular flexibility index (Phi) is 5.22. The standard InChI is InChI=1S/C18H16F2N4OS/c1-10(16-12(19)6-5-7-13(16)20)23-24-17(25)11(2)21-18-22-14-8-3-4-9-15(14)26-18/h3-9,11H,1-2H3,(H,21,22)(H,24,25)/b23-10-/t11-/m1/s1. The maximum Gasteiger partial charge on any atom is 0.262 e. The minimum atomic E-state index is -0.735. The number of fused-ring (bicyclic) bond motifs is 1. The third kappa shape index (κ3) is 3.85. The lowest BCUT2D eigenvalue weighted by Gasteiger charge is -2.11. The van der Waals surface area contributed by atoms with Crippen LogP contribution in [0.2, 0.25) is 0 Å². The van der Waals surface area contributed by atoms with Crippen molar-refractivity contribution in [1.29, 1.82) is 0 Å². The highest BCUT2D eigenvalue weighted by Gasteiger charge is 2.16. The SMILES string of the molecule is C/C(=N/NC(=O)[C@@H](C)Nc1nc2ccccc2s1)c1c(F)cccc1F. The molecule has 1 aromatic heterocycles. The number of nitrogens with one attached hydrogen (secondary N) is 2. The van der Waals surface area contributed by atoms with E-state index in [0.29, 0.717) is 5.13 Å². The fraction of sp³-hybridized carbons (Fsp3) is 0.167. The lowest BCUT2D eigenvalue weighted by Crippen LogP contribution is -2.35. The first-order valence-electron chi connectivity index (χ1n) is 7.86. The van der Waals surface area contributed by atoms with Crippen molar-refractivity contribution in [1.82, 2.24) is 10.4 Å². The highest BCUT2D eigenvalue weighted by Crippen LogP contribution is 2.25. The van der Waals surface area contributed by atoms with E-state index in [2.05, 4.69) is 20.8 Å². The van der Waals surface area contributed by atoms with Crippen LogP contribution < -0.4 is 10.7 Å². The summed E-state index contributed by atoms with van der Waals surface area (Å²) in [5.41, 5.74) is 2.94. The van der Waals surface area contributed by atoms with Crippen LogP contribution in [-0.4, -0.2) is 22.6 Å². The molecule has 0 aliphatic rings. The average molecular weight is 374 g/mol. The van der Waals surface area contributed by atoms with Crippen LogP contribution in [0, 0.1) is 11.6 Å². The molecule has 5 nitrogen and oxygen atoms in total. The number of hydrogen-bond donors (Lipinski definition) is 2. The third-order valence-electron chi connectivity index (χ3n) is 3.69. The Bertz CT molecular complexity index is 933. The van der Waals surface area contributed by atoms with E-state index < -0.39 is 23.6 Å². The first-order chi connectivity index (χ1) is 12.5. The molecular weight excluding hydrogens is 358 g/mol. The molecule has 0 fully saturated rings. The molecule has 3 rings (SSSR count). The van der Waals surface area contributed by atoms with Crippen LogP contribution in [0.1, 0.15) is 19.4 Å². The Morgan fingerprint density at radius 1 is 1.15 bits per heavy atom. The average Bonchev–Trinajstić information content (AvgIpc) is 3.01. The number of carbonyl (C=O) groups is 1. The van der Waals surface area contributed by atoms with E-state index in [1.165, 1.54) is 24.3 Å². The minimum absolute atomic E-state index is 0.0427. The molecule has 0 bridgehead atoms. The van der Waals surface area contributed by atoms with Gasteiger partial charge in [0, 0.05) is 0 Å². The number of hydrazone groups is 1. The van der Waals surface area contributed by atoms with Crippen LogP contribution in [0.4, 0.5) is 13.9 Å². The second kappa shape index (κ2) is 7.57. The summed E-state index contributed by atoms with van der Waals surface area (Å²) in [5.74, 6) is -1.91. The van der Waals surface area contributed by atoms with Gasteiger partial charge in [0.15, 0.2) is 5.13 Å². The molecule has 0 aliphatic carbocycles. The van der Waals surface area contributed by atoms with Crippen LogP contribution >= 0.6 is 11.3 Å². The van der Waals surface area contributed by atoms with Gasteiger partial charge in [-0.2, -0.15) is 5.10 Å². The van der Waals surface area contributed by atoms with Crippen LogP contribution in [-0.2, 0) is 4.79 Å². The number of thiazole rings is 1. The zero-order valence-corrected chi connectivity index (χ0v) is 14.9. The normalized spacial score (nSPS) is 12.8. The predicted octanol–water partition coefficient (Wildman–Crippen LogP) is 3.92. The molecule has 0 saturated carbocycles. The number of aromatic nitrogens is 1. The number of amides is 1. The third-order valence-corrected chi connectivity index (χ3v) is 4.65. The molecule has 1 heterocycles. The van der Waals surface area contributed by atoms with Crippen LogP contribution in [0.15, 0.2) is 47.6 Å². The van der Waals surface area contributed by atoms with E-state index in [4.69, 9.17) is 0 Å². The van der Waals surface area contributed by atoms with Gasteiger partial charge in [0.25, 0.3) is 5.91 Å². The Balaban J connectivity index is 1.67. The van der Waals surface area contributed by atoms with Crippen molar-refractivity contribution in [2.24, 2.45) is 5.10 Å². The molecule has 0 aliphatic heterocycles. The number of anilines is 1. The Labute approximate surface area is 152 Å². The predicted molar refractivity (Wildman–Crippen MR) is 99.4 cm³/mol. The maximum absolute atomic E-state index is 13.7. The monoisotopic (exact) mass is 374 g/mol. The van der Waals surface area contributed by atoms with E-state index in [0.717, 1.165) is 22.3 Å². The highest BCUT2D eigenvalue weighted by molar-refractivity contribution is 7.22. The quantitative estimate of drug-likeness (QED) is 0.526. The van der Waals surface area contributed by atoms with Crippen molar-refractivity contribution in [3.63, 3.8) is 0 Å². The van der Waals surface area contributed by atoms with Gasteiger partial charge in [-0.1, -0.05) is 29.5 Å². The Morgan fingerprint density at radius 2 is 1.85 bits per heavy atom. The van der Waals surface area contributed by atoms with Gasteiger partial charge in [0.2, 0.25) is 0 Å². The number of halogens is 2. The van der Waals surface area contributed by atoms with Crippen LogP contribution in [0.5, 0.6) is 0 Å². The topological polar surface area (TPSA) is 66.4 Å². The van der Waals surface area contributed by atoms with Gasteiger partial charge >= 0.3 is 0 Å². The molecule has 1 amide bonds. The van der Waals surface area contributed by atoms with Crippen molar-refractivity contribution >= 4 is 38.3 Å². The molecule has 134 valence electrons. The molecule has 2 N–H and O–H groups in total. The summed E-state index contributed by atoms with van der Waals surface area (Å²) in [6.07, 6.45) is 0. The largest absolute Gasteiger partial charge is 0.350 e. The van der Waals surface area contributed by atoms with E-state index in [9.17, 15) is 13.6 Å². The van der Waals surface area contributed by atoms with Gasteiger partial charge in [-0.15, -0.1) is 0 Å². The first kappa shape index (κ1) is 17.9. The van der Waals surface area contributed by atoms with Crippen LogP contribution in [0.3, 0.4) is 0 Å². The molecule has 3 aromatic rings. The van der Waals surface area contributed by atoms with Gasteiger partial charge in [-0.3, -0.25) is 4.79 Å². The van der Waals surface area contributed by atoms with Gasteiger partial charge in [-0.05, 0) is 38.1 Å². The lowest BCUT2D eigenvalue weighted by atomic mass is 10.1. The molecule has 0 radical (unpaired) electrons. The van der Waals surface area contributed by atoms with Crippen molar-refractivity contribution in [2.75, 3.05) is 5.32 Å². The summed E-state index contributed by atoms with van der Waals surface area (Å²) < 4.78 is 28.4.